The Balaban J connectivity index is 2.26. The van der Waals surface area contributed by atoms with Crippen LogP contribution in [0.4, 0.5) is 0 Å². The Kier molecular flexibility index (Phi) is 4.33. The van der Waals surface area contributed by atoms with Crippen molar-refractivity contribution in [3.8, 4) is 0 Å². The molecule has 0 atom stereocenters. The molecule has 110 valence electrons. The molecule has 0 fully saturated rings. The summed E-state index contributed by atoms with van der Waals surface area (Å²) in [6.07, 6.45) is 1.62. The molecular weight excluding hydrogens is 280 g/mol. The molecule has 0 aliphatic rings. The van der Waals surface area contributed by atoms with Crippen molar-refractivity contribution >= 4 is 15.9 Å². The van der Waals surface area contributed by atoms with Gasteiger partial charge < -0.3 is 0 Å². The second-order valence-corrected chi connectivity index (χ2v) is 7.87. The first-order chi connectivity index (χ1) is 9.79. The minimum Gasteiger partial charge on any atom is -0.219 e. The van der Waals surface area contributed by atoms with Crippen molar-refractivity contribution in [3.63, 3.8) is 0 Å². The molecule has 0 aliphatic carbocycles. The molecule has 0 amide bonds. The molecule has 0 bridgehead atoms. The fraction of sp³-hybridized carbons (Fsp3) is 0.222. The summed E-state index contributed by atoms with van der Waals surface area (Å²) in [5, 5.41) is 1.26. The van der Waals surface area contributed by atoms with Crippen LogP contribution in [0.3, 0.4) is 0 Å². The van der Waals surface area contributed by atoms with Crippen molar-refractivity contribution in [1.82, 2.24) is 0 Å². The zero-order valence-electron chi connectivity index (χ0n) is 12.6. The fourth-order valence-electron chi connectivity index (χ4n) is 1.96. The van der Waals surface area contributed by atoms with Gasteiger partial charge in [0.05, 0.1) is 4.90 Å². The van der Waals surface area contributed by atoms with E-state index >= 15 is 0 Å². The minimum atomic E-state index is -3.40. The van der Waals surface area contributed by atoms with E-state index in [1.54, 1.807) is 18.2 Å². The average molecular weight is 300 g/mol. The minimum absolute atomic E-state index is 0.0160. The summed E-state index contributed by atoms with van der Waals surface area (Å²) in [5.41, 5.74) is 2.00. The summed E-state index contributed by atoms with van der Waals surface area (Å²) >= 11 is 0. The SMILES string of the molecule is CC(C)(C)c1ccc(S(=O)(=O)C=Cc2ccccc2)cc1. The normalized spacial score (nSPS) is 12.7. The van der Waals surface area contributed by atoms with Gasteiger partial charge >= 0.3 is 0 Å². The number of benzene rings is 2. The van der Waals surface area contributed by atoms with Crippen molar-refractivity contribution in [3.05, 3.63) is 71.1 Å². The standard InChI is InChI=1S/C18H20O2S/c1-18(2,3)16-9-11-17(12-10-16)21(19,20)14-13-15-7-5-4-6-8-15/h4-14H,1-3H3. The second kappa shape index (κ2) is 5.86. The first kappa shape index (κ1) is 15.5. The Bertz CT molecular complexity index is 719. The van der Waals surface area contributed by atoms with Gasteiger partial charge in [-0.25, -0.2) is 8.42 Å². The van der Waals surface area contributed by atoms with Crippen LogP contribution in [0.25, 0.3) is 6.08 Å². The van der Waals surface area contributed by atoms with Crippen molar-refractivity contribution in [2.24, 2.45) is 0 Å². The number of sulfone groups is 1. The van der Waals surface area contributed by atoms with Crippen LogP contribution in [0.2, 0.25) is 0 Å². The average Bonchev–Trinajstić information content (AvgIpc) is 2.46. The number of rotatable bonds is 3. The first-order valence-electron chi connectivity index (χ1n) is 6.88. The first-order valence-corrected chi connectivity index (χ1v) is 8.42. The zero-order valence-corrected chi connectivity index (χ0v) is 13.4. The highest BCUT2D eigenvalue weighted by molar-refractivity contribution is 7.94. The van der Waals surface area contributed by atoms with E-state index in [0.717, 1.165) is 11.1 Å². The van der Waals surface area contributed by atoms with Gasteiger partial charge in [-0.15, -0.1) is 0 Å². The molecule has 3 heteroatoms. The molecule has 0 radical (unpaired) electrons. The van der Waals surface area contributed by atoms with Crippen molar-refractivity contribution in [2.45, 2.75) is 31.1 Å². The Morgan fingerprint density at radius 3 is 1.95 bits per heavy atom. The van der Waals surface area contributed by atoms with Gasteiger partial charge in [-0.3, -0.25) is 0 Å². The smallest absolute Gasteiger partial charge is 0.199 e. The summed E-state index contributed by atoms with van der Waals surface area (Å²) in [7, 11) is -3.40. The lowest BCUT2D eigenvalue weighted by atomic mass is 9.87. The van der Waals surface area contributed by atoms with Gasteiger partial charge in [-0.1, -0.05) is 63.2 Å². The maximum atomic E-state index is 12.3. The summed E-state index contributed by atoms with van der Waals surface area (Å²) in [6, 6.07) is 16.5. The zero-order chi connectivity index (χ0) is 15.5. The molecule has 0 aromatic heterocycles. The lowest BCUT2D eigenvalue weighted by Crippen LogP contribution is -2.11. The topological polar surface area (TPSA) is 34.1 Å². The Morgan fingerprint density at radius 2 is 1.43 bits per heavy atom. The van der Waals surface area contributed by atoms with Crippen LogP contribution in [0, 0.1) is 0 Å². The van der Waals surface area contributed by atoms with Gasteiger partial charge in [0.1, 0.15) is 0 Å². The van der Waals surface area contributed by atoms with Crippen molar-refractivity contribution in [2.75, 3.05) is 0 Å². The molecule has 2 aromatic carbocycles. The van der Waals surface area contributed by atoms with Crippen LogP contribution in [0.5, 0.6) is 0 Å². The van der Waals surface area contributed by atoms with Crippen LogP contribution < -0.4 is 0 Å². The fourth-order valence-corrected chi connectivity index (χ4v) is 2.96. The molecule has 0 spiro atoms. The predicted octanol–water partition coefficient (Wildman–Crippen LogP) is 4.43. The van der Waals surface area contributed by atoms with E-state index in [4.69, 9.17) is 0 Å². The molecular formula is C18H20O2S. The highest BCUT2D eigenvalue weighted by Gasteiger charge is 2.15. The summed E-state index contributed by atoms with van der Waals surface area (Å²) in [4.78, 5) is 0.322. The van der Waals surface area contributed by atoms with Crippen LogP contribution in [0.1, 0.15) is 31.9 Å². The van der Waals surface area contributed by atoms with E-state index in [9.17, 15) is 8.42 Å². The summed E-state index contributed by atoms with van der Waals surface area (Å²) in [5.74, 6) is 0. The molecule has 2 nitrogen and oxygen atoms in total. The Labute approximate surface area is 127 Å². The lowest BCUT2D eigenvalue weighted by Gasteiger charge is -2.18. The molecule has 0 aliphatic heterocycles. The van der Waals surface area contributed by atoms with E-state index in [1.165, 1.54) is 5.41 Å². The van der Waals surface area contributed by atoms with Crippen LogP contribution in [-0.2, 0) is 15.3 Å². The van der Waals surface area contributed by atoms with Crippen LogP contribution in [-0.4, -0.2) is 8.42 Å². The second-order valence-electron chi connectivity index (χ2n) is 6.03. The number of hydrogen-bond acceptors (Lipinski definition) is 2. The monoisotopic (exact) mass is 300 g/mol. The molecule has 0 heterocycles. The Morgan fingerprint density at radius 1 is 0.857 bits per heavy atom. The summed E-state index contributed by atoms with van der Waals surface area (Å²) < 4.78 is 24.6. The third kappa shape index (κ3) is 4.05. The third-order valence-corrected chi connectivity index (χ3v) is 4.71. The van der Waals surface area contributed by atoms with Crippen molar-refractivity contribution in [1.29, 1.82) is 0 Å². The number of hydrogen-bond donors (Lipinski definition) is 0. The van der Waals surface area contributed by atoms with Crippen LogP contribution in [0.15, 0.2) is 64.9 Å². The molecule has 2 aromatic rings. The highest BCUT2D eigenvalue weighted by atomic mass is 32.2. The van der Waals surface area contributed by atoms with Gasteiger partial charge in [-0.05, 0) is 34.8 Å². The highest BCUT2D eigenvalue weighted by Crippen LogP contribution is 2.24. The van der Waals surface area contributed by atoms with E-state index in [-0.39, 0.29) is 5.41 Å². The van der Waals surface area contributed by atoms with Crippen molar-refractivity contribution < 1.29 is 8.42 Å². The van der Waals surface area contributed by atoms with E-state index in [2.05, 4.69) is 20.8 Å². The Hall–Kier alpha value is -1.87. The molecule has 2 rings (SSSR count). The largest absolute Gasteiger partial charge is 0.219 e. The van der Waals surface area contributed by atoms with Gasteiger partial charge in [0.15, 0.2) is 9.84 Å². The maximum Gasteiger partial charge on any atom is 0.199 e. The third-order valence-electron chi connectivity index (χ3n) is 3.29. The van der Waals surface area contributed by atoms with Gasteiger partial charge in [-0.2, -0.15) is 0 Å². The molecule has 0 saturated heterocycles. The predicted molar refractivity (Wildman–Crippen MR) is 87.8 cm³/mol. The lowest BCUT2D eigenvalue weighted by molar-refractivity contribution is 0.588. The van der Waals surface area contributed by atoms with E-state index in [1.807, 2.05) is 42.5 Å². The molecule has 0 unspecified atom stereocenters. The van der Waals surface area contributed by atoms with E-state index < -0.39 is 9.84 Å². The molecule has 21 heavy (non-hydrogen) atoms. The molecule has 0 N–H and O–H groups in total. The van der Waals surface area contributed by atoms with Gasteiger partial charge in [0.25, 0.3) is 0 Å². The maximum absolute atomic E-state index is 12.3. The van der Waals surface area contributed by atoms with E-state index in [0.29, 0.717) is 4.90 Å². The van der Waals surface area contributed by atoms with Gasteiger partial charge in [0.2, 0.25) is 0 Å². The van der Waals surface area contributed by atoms with Crippen LogP contribution >= 0.6 is 0 Å². The molecule has 0 saturated carbocycles. The summed E-state index contributed by atoms with van der Waals surface area (Å²) in [6.45, 7) is 6.31. The quantitative estimate of drug-likeness (QED) is 0.840. The van der Waals surface area contributed by atoms with Gasteiger partial charge in [0, 0.05) is 5.41 Å².